The Bertz CT molecular complexity index is 617. The molecular weight excluding hydrogens is 328 g/mol. The number of carbonyl (C=O) groups excluding carboxylic acids is 1. The van der Waals surface area contributed by atoms with Crippen molar-refractivity contribution in [3.05, 3.63) is 29.8 Å². The van der Waals surface area contributed by atoms with E-state index in [9.17, 15) is 4.79 Å². The standard InChI is InChI=1S/C21H30N2O3/c1-25-19-6-4-17(5-7-19)14-20(24)23-12-8-21(9-13-23)15-18(16-26-21)22-10-2-3-11-22/h4-7,18H,2-3,8-16H2,1H3/t18-/m1/s1. The number of ether oxygens (including phenoxy) is 2. The zero-order valence-electron chi connectivity index (χ0n) is 15.8. The quantitative estimate of drug-likeness (QED) is 0.829. The van der Waals surface area contributed by atoms with Crippen molar-refractivity contribution < 1.29 is 14.3 Å². The number of hydrogen-bond acceptors (Lipinski definition) is 4. The Morgan fingerprint density at radius 2 is 1.85 bits per heavy atom. The lowest BCUT2D eigenvalue weighted by atomic mass is 9.87. The second-order valence-corrected chi connectivity index (χ2v) is 8.00. The fraction of sp³-hybridized carbons (Fsp3) is 0.667. The molecule has 0 N–H and O–H groups in total. The van der Waals surface area contributed by atoms with Gasteiger partial charge in [0, 0.05) is 19.1 Å². The summed E-state index contributed by atoms with van der Waals surface area (Å²) in [4.78, 5) is 17.3. The first-order valence-corrected chi connectivity index (χ1v) is 9.96. The second kappa shape index (κ2) is 7.57. The number of rotatable bonds is 4. The molecule has 5 heteroatoms. The van der Waals surface area contributed by atoms with Gasteiger partial charge in [-0.3, -0.25) is 9.69 Å². The molecule has 26 heavy (non-hydrogen) atoms. The fourth-order valence-electron chi connectivity index (χ4n) is 4.70. The molecule has 1 aromatic carbocycles. The number of nitrogens with zero attached hydrogens (tertiary/aromatic N) is 2. The molecule has 0 radical (unpaired) electrons. The maximum Gasteiger partial charge on any atom is 0.226 e. The van der Waals surface area contributed by atoms with E-state index in [1.165, 1.54) is 25.9 Å². The highest BCUT2D eigenvalue weighted by molar-refractivity contribution is 5.79. The number of piperidine rings is 1. The summed E-state index contributed by atoms with van der Waals surface area (Å²) in [5, 5.41) is 0. The van der Waals surface area contributed by atoms with Gasteiger partial charge in [-0.05, 0) is 62.9 Å². The van der Waals surface area contributed by atoms with Crippen LogP contribution in [0.25, 0.3) is 0 Å². The van der Waals surface area contributed by atoms with Crippen LogP contribution >= 0.6 is 0 Å². The van der Waals surface area contributed by atoms with Gasteiger partial charge in [0.25, 0.3) is 0 Å². The molecule has 5 nitrogen and oxygen atoms in total. The van der Waals surface area contributed by atoms with Gasteiger partial charge in [0.1, 0.15) is 5.75 Å². The van der Waals surface area contributed by atoms with E-state index < -0.39 is 0 Å². The van der Waals surface area contributed by atoms with Gasteiger partial charge in [-0.25, -0.2) is 0 Å². The summed E-state index contributed by atoms with van der Waals surface area (Å²) < 4.78 is 11.5. The zero-order chi connectivity index (χ0) is 18.0. The minimum Gasteiger partial charge on any atom is -0.497 e. The number of carbonyl (C=O) groups is 1. The molecule has 3 heterocycles. The van der Waals surface area contributed by atoms with E-state index in [4.69, 9.17) is 9.47 Å². The van der Waals surface area contributed by atoms with Gasteiger partial charge in [0.15, 0.2) is 0 Å². The molecule has 0 saturated carbocycles. The Kier molecular flexibility index (Phi) is 5.18. The summed E-state index contributed by atoms with van der Waals surface area (Å²) in [6.07, 6.45) is 6.23. The number of likely N-dealkylation sites (tertiary alicyclic amines) is 2. The van der Waals surface area contributed by atoms with Gasteiger partial charge in [-0.15, -0.1) is 0 Å². The third kappa shape index (κ3) is 3.74. The van der Waals surface area contributed by atoms with Crippen molar-refractivity contribution in [3.8, 4) is 5.75 Å². The molecule has 4 rings (SSSR count). The summed E-state index contributed by atoms with van der Waals surface area (Å²) in [6, 6.07) is 8.38. The Balaban J connectivity index is 1.28. The molecule has 142 valence electrons. The first-order valence-electron chi connectivity index (χ1n) is 9.96. The first-order chi connectivity index (χ1) is 12.7. The number of methoxy groups -OCH3 is 1. The lowest BCUT2D eigenvalue weighted by Gasteiger charge is -2.39. The zero-order valence-corrected chi connectivity index (χ0v) is 15.8. The largest absolute Gasteiger partial charge is 0.497 e. The van der Waals surface area contributed by atoms with Crippen molar-refractivity contribution in [2.45, 2.75) is 50.2 Å². The molecule has 3 aliphatic heterocycles. The second-order valence-electron chi connectivity index (χ2n) is 8.00. The predicted octanol–water partition coefficient (Wildman–Crippen LogP) is 2.48. The number of hydrogen-bond donors (Lipinski definition) is 0. The third-order valence-electron chi connectivity index (χ3n) is 6.39. The Morgan fingerprint density at radius 1 is 1.15 bits per heavy atom. The molecule has 0 unspecified atom stereocenters. The molecule has 1 atom stereocenters. The molecule has 3 aliphatic rings. The van der Waals surface area contributed by atoms with E-state index in [1.807, 2.05) is 29.2 Å². The van der Waals surface area contributed by atoms with E-state index >= 15 is 0 Å². The molecule has 1 aromatic rings. The van der Waals surface area contributed by atoms with Crippen molar-refractivity contribution in [2.24, 2.45) is 0 Å². The number of amides is 1. The summed E-state index contributed by atoms with van der Waals surface area (Å²) in [5.41, 5.74) is 1.06. The van der Waals surface area contributed by atoms with E-state index in [-0.39, 0.29) is 11.5 Å². The van der Waals surface area contributed by atoms with Crippen LogP contribution in [0.2, 0.25) is 0 Å². The van der Waals surface area contributed by atoms with Crippen LogP contribution in [0.15, 0.2) is 24.3 Å². The minimum atomic E-state index is 0.0180. The van der Waals surface area contributed by atoms with Crippen molar-refractivity contribution in [1.82, 2.24) is 9.80 Å². The number of benzene rings is 1. The van der Waals surface area contributed by atoms with E-state index in [2.05, 4.69) is 4.90 Å². The van der Waals surface area contributed by atoms with Gasteiger partial charge in [0.2, 0.25) is 5.91 Å². The van der Waals surface area contributed by atoms with Gasteiger partial charge < -0.3 is 14.4 Å². The lowest BCUT2D eigenvalue weighted by Crippen LogP contribution is -2.47. The van der Waals surface area contributed by atoms with E-state index in [1.54, 1.807) is 7.11 Å². The fourth-order valence-corrected chi connectivity index (χ4v) is 4.70. The van der Waals surface area contributed by atoms with Crippen LogP contribution in [0.4, 0.5) is 0 Å². The van der Waals surface area contributed by atoms with Crippen LogP contribution in [0.3, 0.4) is 0 Å². The van der Waals surface area contributed by atoms with Crippen molar-refractivity contribution >= 4 is 5.91 Å². The van der Waals surface area contributed by atoms with Gasteiger partial charge >= 0.3 is 0 Å². The lowest BCUT2D eigenvalue weighted by molar-refractivity contribution is -0.135. The molecule has 3 saturated heterocycles. The highest BCUT2D eigenvalue weighted by atomic mass is 16.5. The Labute approximate surface area is 156 Å². The van der Waals surface area contributed by atoms with E-state index in [0.29, 0.717) is 12.5 Å². The average molecular weight is 358 g/mol. The van der Waals surface area contributed by atoms with Gasteiger partial charge in [0.05, 0.1) is 25.7 Å². The van der Waals surface area contributed by atoms with Crippen molar-refractivity contribution in [2.75, 3.05) is 39.9 Å². The molecular formula is C21H30N2O3. The highest BCUT2D eigenvalue weighted by Gasteiger charge is 2.45. The smallest absolute Gasteiger partial charge is 0.226 e. The van der Waals surface area contributed by atoms with E-state index in [0.717, 1.165) is 50.3 Å². The maximum atomic E-state index is 12.6. The third-order valence-corrected chi connectivity index (χ3v) is 6.39. The summed E-state index contributed by atoms with van der Waals surface area (Å²) in [7, 11) is 1.66. The monoisotopic (exact) mass is 358 g/mol. The van der Waals surface area contributed by atoms with Crippen molar-refractivity contribution in [1.29, 1.82) is 0 Å². The highest BCUT2D eigenvalue weighted by Crippen LogP contribution is 2.38. The minimum absolute atomic E-state index is 0.0180. The van der Waals surface area contributed by atoms with Crippen LogP contribution in [0.1, 0.15) is 37.7 Å². The summed E-state index contributed by atoms with van der Waals surface area (Å²) in [6.45, 7) is 4.98. The molecule has 1 spiro atoms. The van der Waals surface area contributed by atoms with Crippen molar-refractivity contribution in [3.63, 3.8) is 0 Å². The van der Waals surface area contributed by atoms with Crippen LogP contribution < -0.4 is 4.74 Å². The van der Waals surface area contributed by atoms with Crippen LogP contribution in [0, 0.1) is 0 Å². The molecule has 1 amide bonds. The summed E-state index contributed by atoms with van der Waals surface area (Å²) in [5.74, 6) is 1.05. The SMILES string of the molecule is COc1ccc(CC(=O)N2CCC3(CC2)C[C@@H](N2CCCC2)CO3)cc1. The normalized spacial score (nSPS) is 25.7. The molecule has 0 aromatic heterocycles. The molecule has 0 bridgehead atoms. The van der Waals surface area contributed by atoms with Crippen LogP contribution in [0.5, 0.6) is 5.75 Å². The maximum absolute atomic E-state index is 12.6. The Morgan fingerprint density at radius 3 is 2.50 bits per heavy atom. The van der Waals surface area contributed by atoms with Gasteiger partial charge in [-0.2, -0.15) is 0 Å². The first kappa shape index (κ1) is 17.8. The summed E-state index contributed by atoms with van der Waals surface area (Å²) >= 11 is 0. The topological polar surface area (TPSA) is 42.0 Å². The predicted molar refractivity (Wildman–Crippen MR) is 100 cm³/mol. The van der Waals surface area contributed by atoms with Crippen LogP contribution in [-0.4, -0.2) is 67.2 Å². The van der Waals surface area contributed by atoms with Gasteiger partial charge in [-0.1, -0.05) is 12.1 Å². The Hall–Kier alpha value is -1.59. The van der Waals surface area contributed by atoms with Crippen LogP contribution in [-0.2, 0) is 16.0 Å². The molecule has 3 fully saturated rings. The average Bonchev–Trinajstić information content (AvgIpc) is 3.33. The molecule has 0 aliphatic carbocycles.